The Morgan fingerprint density at radius 2 is 2.18 bits per heavy atom. The first-order valence-corrected chi connectivity index (χ1v) is 7.70. The van der Waals surface area contributed by atoms with Gasteiger partial charge in [0.25, 0.3) is 0 Å². The molecule has 4 nitrogen and oxygen atoms in total. The van der Waals surface area contributed by atoms with Crippen molar-refractivity contribution in [2.24, 2.45) is 4.99 Å². The SMILES string of the molecule is CCCCN(C)C(=NC)NCC(OC)c1cccc(Cl)c1.I. The monoisotopic (exact) mass is 439 g/mol. The van der Waals surface area contributed by atoms with Gasteiger partial charge in [-0.3, -0.25) is 4.99 Å². The molecule has 0 aliphatic carbocycles. The molecule has 1 aromatic rings. The maximum atomic E-state index is 6.04. The quantitative estimate of drug-likeness (QED) is 0.397. The lowest BCUT2D eigenvalue weighted by atomic mass is 10.1. The summed E-state index contributed by atoms with van der Waals surface area (Å²) in [5.74, 6) is 0.882. The summed E-state index contributed by atoms with van der Waals surface area (Å²) < 4.78 is 5.55. The molecule has 1 atom stereocenters. The normalized spacial score (nSPS) is 12.5. The Morgan fingerprint density at radius 1 is 1.45 bits per heavy atom. The molecule has 0 heterocycles. The van der Waals surface area contributed by atoms with Gasteiger partial charge in [0.15, 0.2) is 5.96 Å². The Bertz CT molecular complexity index is 457. The number of rotatable bonds is 7. The number of nitrogens with one attached hydrogen (secondary N) is 1. The topological polar surface area (TPSA) is 36.9 Å². The minimum atomic E-state index is -0.0555. The molecular weight excluding hydrogens is 413 g/mol. The van der Waals surface area contributed by atoms with Crippen molar-refractivity contribution in [3.63, 3.8) is 0 Å². The summed E-state index contributed by atoms with van der Waals surface area (Å²) in [7, 11) is 5.55. The van der Waals surface area contributed by atoms with Gasteiger partial charge >= 0.3 is 0 Å². The summed E-state index contributed by atoms with van der Waals surface area (Å²) >= 11 is 6.04. The van der Waals surface area contributed by atoms with Crippen LogP contribution in [0, 0.1) is 0 Å². The van der Waals surface area contributed by atoms with E-state index in [4.69, 9.17) is 16.3 Å². The van der Waals surface area contributed by atoms with E-state index >= 15 is 0 Å². The van der Waals surface area contributed by atoms with Crippen LogP contribution in [0.5, 0.6) is 0 Å². The van der Waals surface area contributed by atoms with Gasteiger partial charge in [-0.15, -0.1) is 24.0 Å². The van der Waals surface area contributed by atoms with Gasteiger partial charge in [-0.2, -0.15) is 0 Å². The number of hydrogen-bond acceptors (Lipinski definition) is 2. The van der Waals surface area contributed by atoms with Crippen molar-refractivity contribution < 1.29 is 4.74 Å². The minimum absolute atomic E-state index is 0. The highest BCUT2D eigenvalue weighted by molar-refractivity contribution is 14.0. The molecule has 1 rings (SSSR count). The molecule has 0 bridgehead atoms. The fourth-order valence-corrected chi connectivity index (χ4v) is 2.31. The van der Waals surface area contributed by atoms with Gasteiger partial charge in [-0.1, -0.05) is 37.1 Å². The van der Waals surface area contributed by atoms with Crippen LogP contribution in [0.25, 0.3) is 0 Å². The first kappa shape index (κ1) is 21.5. The summed E-state index contributed by atoms with van der Waals surface area (Å²) in [6.07, 6.45) is 2.27. The van der Waals surface area contributed by atoms with E-state index in [1.54, 1.807) is 14.2 Å². The van der Waals surface area contributed by atoms with E-state index in [2.05, 4.69) is 22.1 Å². The predicted molar refractivity (Wildman–Crippen MR) is 106 cm³/mol. The van der Waals surface area contributed by atoms with Crippen molar-refractivity contribution in [1.82, 2.24) is 10.2 Å². The first-order valence-electron chi connectivity index (χ1n) is 7.32. The van der Waals surface area contributed by atoms with Crippen LogP contribution in [0.15, 0.2) is 29.3 Å². The van der Waals surface area contributed by atoms with Crippen LogP contribution < -0.4 is 5.32 Å². The zero-order valence-electron chi connectivity index (χ0n) is 13.8. The van der Waals surface area contributed by atoms with Gasteiger partial charge < -0.3 is 15.0 Å². The number of unbranched alkanes of at least 4 members (excludes halogenated alkanes) is 1. The molecule has 1 N–H and O–H groups in total. The first-order chi connectivity index (χ1) is 10.1. The van der Waals surface area contributed by atoms with E-state index < -0.39 is 0 Å². The number of halogens is 2. The van der Waals surface area contributed by atoms with Crippen molar-refractivity contribution in [2.45, 2.75) is 25.9 Å². The Kier molecular flexibility index (Phi) is 11.7. The van der Waals surface area contributed by atoms with Crippen LogP contribution in [0.1, 0.15) is 31.4 Å². The van der Waals surface area contributed by atoms with Gasteiger partial charge in [0, 0.05) is 39.3 Å². The zero-order chi connectivity index (χ0) is 15.7. The van der Waals surface area contributed by atoms with Crippen LogP contribution in [0.2, 0.25) is 5.02 Å². The average Bonchev–Trinajstić information content (AvgIpc) is 2.49. The summed E-state index contributed by atoms with van der Waals surface area (Å²) in [5.41, 5.74) is 1.06. The molecule has 0 fully saturated rings. The summed E-state index contributed by atoms with van der Waals surface area (Å²) in [5, 5.41) is 4.08. The molecule has 0 aromatic heterocycles. The molecule has 0 aliphatic rings. The van der Waals surface area contributed by atoms with Gasteiger partial charge in [0.2, 0.25) is 0 Å². The van der Waals surface area contributed by atoms with Crippen LogP contribution in [0.4, 0.5) is 0 Å². The summed E-state index contributed by atoms with van der Waals surface area (Å²) in [6.45, 7) is 3.83. The second-order valence-corrected chi connectivity index (χ2v) is 5.42. The number of benzene rings is 1. The molecule has 6 heteroatoms. The van der Waals surface area contributed by atoms with Crippen LogP contribution in [-0.2, 0) is 4.74 Å². The standard InChI is InChI=1S/C16H26ClN3O.HI/c1-5-6-10-20(3)16(18-2)19-12-15(21-4)13-8-7-9-14(17)11-13;/h7-9,11,15H,5-6,10,12H2,1-4H3,(H,18,19);1H. The maximum absolute atomic E-state index is 6.04. The molecule has 22 heavy (non-hydrogen) atoms. The molecule has 0 radical (unpaired) electrons. The summed E-state index contributed by atoms with van der Waals surface area (Å²) in [6, 6.07) is 7.75. The van der Waals surface area contributed by atoms with Crippen molar-refractivity contribution in [3.8, 4) is 0 Å². The second-order valence-electron chi connectivity index (χ2n) is 4.98. The van der Waals surface area contributed by atoms with Crippen molar-refractivity contribution in [1.29, 1.82) is 0 Å². The van der Waals surface area contributed by atoms with Crippen molar-refractivity contribution >= 4 is 41.5 Å². The predicted octanol–water partition coefficient (Wildman–Crippen LogP) is 3.95. The number of methoxy groups -OCH3 is 1. The van der Waals surface area contributed by atoms with E-state index in [1.807, 2.05) is 31.3 Å². The highest BCUT2D eigenvalue weighted by atomic mass is 127. The van der Waals surface area contributed by atoms with E-state index in [0.717, 1.165) is 29.5 Å². The third-order valence-electron chi connectivity index (χ3n) is 3.37. The van der Waals surface area contributed by atoms with Gasteiger partial charge in [-0.25, -0.2) is 0 Å². The van der Waals surface area contributed by atoms with Gasteiger partial charge in [0.05, 0.1) is 6.10 Å². The van der Waals surface area contributed by atoms with Crippen molar-refractivity contribution in [2.75, 3.05) is 34.3 Å². The van der Waals surface area contributed by atoms with E-state index in [0.29, 0.717) is 6.54 Å². The van der Waals surface area contributed by atoms with Gasteiger partial charge in [-0.05, 0) is 24.1 Å². The number of ether oxygens (including phenoxy) is 1. The van der Waals surface area contributed by atoms with E-state index in [1.165, 1.54) is 6.42 Å². The molecule has 1 unspecified atom stereocenters. The lowest BCUT2D eigenvalue weighted by molar-refractivity contribution is 0.106. The van der Waals surface area contributed by atoms with E-state index in [-0.39, 0.29) is 30.1 Å². The molecule has 0 amide bonds. The Balaban J connectivity index is 0.00000441. The highest BCUT2D eigenvalue weighted by Gasteiger charge is 2.13. The molecule has 126 valence electrons. The third kappa shape index (κ3) is 7.15. The smallest absolute Gasteiger partial charge is 0.193 e. The van der Waals surface area contributed by atoms with Crippen LogP contribution in [0.3, 0.4) is 0 Å². The second kappa shape index (κ2) is 12.0. The lowest BCUT2D eigenvalue weighted by Crippen LogP contribution is -2.41. The number of hydrogen-bond donors (Lipinski definition) is 1. The Hall–Kier alpha value is -0.530. The largest absolute Gasteiger partial charge is 0.375 e. The number of guanidine groups is 1. The maximum Gasteiger partial charge on any atom is 0.193 e. The minimum Gasteiger partial charge on any atom is -0.375 e. The van der Waals surface area contributed by atoms with E-state index in [9.17, 15) is 0 Å². The molecule has 0 saturated heterocycles. The molecule has 1 aromatic carbocycles. The molecule has 0 aliphatic heterocycles. The fourth-order valence-electron chi connectivity index (χ4n) is 2.11. The number of nitrogens with zero attached hydrogens (tertiary/aromatic N) is 2. The number of aliphatic imine (C=N–C) groups is 1. The third-order valence-corrected chi connectivity index (χ3v) is 3.61. The molecule has 0 saturated carbocycles. The highest BCUT2D eigenvalue weighted by Crippen LogP contribution is 2.19. The van der Waals surface area contributed by atoms with Crippen LogP contribution >= 0.6 is 35.6 Å². The van der Waals surface area contributed by atoms with Gasteiger partial charge in [0.1, 0.15) is 0 Å². The summed E-state index contributed by atoms with van der Waals surface area (Å²) in [4.78, 5) is 6.44. The molecular formula is C16H27ClIN3O. The van der Waals surface area contributed by atoms with Crippen LogP contribution in [-0.4, -0.2) is 45.2 Å². The lowest BCUT2D eigenvalue weighted by Gasteiger charge is -2.24. The Morgan fingerprint density at radius 3 is 2.73 bits per heavy atom. The van der Waals surface area contributed by atoms with Crippen molar-refractivity contribution in [3.05, 3.63) is 34.9 Å². The molecule has 0 spiro atoms. The Labute approximate surface area is 156 Å². The fraction of sp³-hybridized carbons (Fsp3) is 0.562. The zero-order valence-corrected chi connectivity index (χ0v) is 16.9. The average molecular weight is 440 g/mol.